The summed E-state index contributed by atoms with van der Waals surface area (Å²) in [5.41, 5.74) is 2.45. The maximum atomic E-state index is 13.1. The van der Waals surface area contributed by atoms with E-state index in [1.807, 2.05) is 48.5 Å². The minimum absolute atomic E-state index is 0.0271. The van der Waals surface area contributed by atoms with E-state index in [1.54, 1.807) is 12.1 Å². The van der Waals surface area contributed by atoms with E-state index in [2.05, 4.69) is 10.1 Å². The van der Waals surface area contributed by atoms with E-state index in [9.17, 15) is 13.6 Å². The molecule has 0 spiro atoms. The summed E-state index contributed by atoms with van der Waals surface area (Å²) < 4.78 is 40.5. The molecule has 1 N–H and O–H groups in total. The van der Waals surface area contributed by atoms with Crippen molar-refractivity contribution in [1.29, 1.82) is 0 Å². The number of alkyl halides is 2. The van der Waals surface area contributed by atoms with Crippen molar-refractivity contribution in [1.82, 2.24) is 5.32 Å². The Labute approximate surface area is 178 Å². The number of nitrogens with one attached hydrogen (secondary N) is 1. The van der Waals surface area contributed by atoms with Crippen LogP contribution in [0.5, 0.6) is 23.0 Å². The van der Waals surface area contributed by atoms with Gasteiger partial charge in [-0.25, -0.2) is 0 Å². The number of carbonyl (C=O) groups is 1. The monoisotopic (exact) mass is 425 g/mol. The normalized spacial score (nSPS) is 12.5. The largest absolute Gasteiger partial charge is 0.493 e. The molecule has 0 unspecified atom stereocenters. The Morgan fingerprint density at radius 1 is 1.00 bits per heavy atom. The molecule has 1 aliphatic rings. The number of rotatable bonds is 7. The molecule has 0 atom stereocenters. The van der Waals surface area contributed by atoms with Crippen molar-refractivity contribution in [2.24, 2.45) is 0 Å². The highest BCUT2D eigenvalue weighted by molar-refractivity contribution is 5.89. The molecular weight excluding hydrogens is 404 g/mol. The lowest BCUT2D eigenvalue weighted by atomic mass is 9.87. The van der Waals surface area contributed by atoms with Crippen molar-refractivity contribution in [3.63, 3.8) is 0 Å². The zero-order valence-electron chi connectivity index (χ0n) is 16.8. The molecule has 0 saturated carbocycles. The standard InChI is InChI=1S/C24H21F2NO4/c1-29-21-14-15(10-11-20(21)31-24(25)26)12-13-27-23(28)22-16-6-2-4-8-18(16)30-19-9-5-3-7-17(19)22/h2-11,14,22,24H,12-13H2,1H3,(H,27,28). The first-order chi connectivity index (χ1) is 15.1. The lowest BCUT2D eigenvalue weighted by Gasteiger charge is -2.27. The van der Waals surface area contributed by atoms with Gasteiger partial charge in [-0.3, -0.25) is 4.79 Å². The van der Waals surface area contributed by atoms with E-state index in [0.29, 0.717) is 24.5 Å². The summed E-state index contributed by atoms with van der Waals surface area (Å²) in [5, 5.41) is 2.98. The van der Waals surface area contributed by atoms with Crippen LogP contribution in [0.15, 0.2) is 66.7 Å². The highest BCUT2D eigenvalue weighted by atomic mass is 19.3. The Kier molecular flexibility index (Phi) is 6.02. The molecule has 0 saturated heterocycles. The van der Waals surface area contributed by atoms with Gasteiger partial charge in [0, 0.05) is 17.7 Å². The fourth-order valence-corrected chi connectivity index (χ4v) is 3.69. The molecule has 1 amide bonds. The van der Waals surface area contributed by atoms with Crippen LogP contribution >= 0.6 is 0 Å². The Balaban J connectivity index is 1.47. The zero-order valence-corrected chi connectivity index (χ0v) is 16.8. The first-order valence-corrected chi connectivity index (χ1v) is 9.82. The lowest BCUT2D eigenvalue weighted by Crippen LogP contribution is -2.33. The van der Waals surface area contributed by atoms with Crippen molar-refractivity contribution in [2.75, 3.05) is 13.7 Å². The number of ether oxygens (including phenoxy) is 3. The molecule has 1 aliphatic heterocycles. The third-order valence-electron chi connectivity index (χ3n) is 5.10. The van der Waals surface area contributed by atoms with Gasteiger partial charge in [0.25, 0.3) is 0 Å². The maximum absolute atomic E-state index is 13.1. The number of fused-ring (bicyclic) bond motifs is 2. The van der Waals surface area contributed by atoms with Crippen molar-refractivity contribution in [3.05, 3.63) is 83.4 Å². The minimum Gasteiger partial charge on any atom is -0.493 e. The number of carbonyl (C=O) groups excluding carboxylic acids is 1. The number of amides is 1. The number of hydrogen-bond acceptors (Lipinski definition) is 4. The molecule has 160 valence electrons. The van der Waals surface area contributed by atoms with E-state index in [-0.39, 0.29) is 17.4 Å². The Bertz CT molecular complexity index is 1040. The molecule has 0 bridgehead atoms. The SMILES string of the molecule is COc1cc(CCNC(=O)C2c3ccccc3Oc3ccccc32)ccc1OC(F)F. The highest BCUT2D eigenvalue weighted by Gasteiger charge is 2.32. The summed E-state index contributed by atoms with van der Waals surface area (Å²) in [6, 6.07) is 19.7. The average molecular weight is 425 g/mol. The summed E-state index contributed by atoms with van der Waals surface area (Å²) in [7, 11) is 1.39. The quantitative estimate of drug-likeness (QED) is 0.586. The minimum atomic E-state index is -2.93. The summed E-state index contributed by atoms with van der Waals surface area (Å²) in [6.45, 7) is -2.55. The van der Waals surface area contributed by atoms with Crippen LogP contribution < -0.4 is 19.5 Å². The van der Waals surface area contributed by atoms with Crippen molar-refractivity contribution >= 4 is 5.91 Å². The van der Waals surface area contributed by atoms with Crippen molar-refractivity contribution in [2.45, 2.75) is 19.0 Å². The molecule has 5 nitrogen and oxygen atoms in total. The molecule has 7 heteroatoms. The van der Waals surface area contributed by atoms with E-state index >= 15 is 0 Å². The van der Waals surface area contributed by atoms with Gasteiger partial charge >= 0.3 is 6.61 Å². The number of methoxy groups -OCH3 is 1. The second-order valence-corrected chi connectivity index (χ2v) is 7.02. The molecule has 0 aliphatic carbocycles. The Morgan fingerprint density at radius 2 is 1.65 bits per heavy atom. The second-order valence-electron chi connectivity index (χ2n) is 7.02. The topological polar surface area (TPSA) is 56.8 Å². The highest BCUT2D eigenvalue weighted by Crippen LogP contribution is 2.43. The van der Waals surface area contributed by atoms with Gasteiger partial charge in [0.2, 0.25) is 5.91 Å². The van der Waals surface area contributed by atoms with Gasteiger partial charge in [-0.1, -0.05) is 42.5 Å². The zero-order chi connectivity index (χ0) is 21.8. The Morgan fingerprint density at radius 3 is 2.26 bits per heavy atom. The molecule has 3 aromatic rings. The predicted molar refractivity (Wildman–Crippen MR) is 111 cm³/mol. The van der Waals surface area contributed by atoms with E-state index in [4.69, 9.17) is 9.47 Å². The van der Waals surface area contributed by atoms with Gasteiger partial charge in [0.15, 0.2) is 11.5 Å². The molecule has 31 heavy (non-hydrogen) atoms. The van der Waals surface area contributed by atoms with Crippen LogP contribution in [0.4, 0.5) is 8.78 Å². The smallest absolute Gasteiger partial charge is 0.387 e. The van der Waals surface area contributed by atoms with Gasteiger partial charge in [0.1, 0.15) is 11.5 Å². The summed E-state index contributed by atoms with van der Waals surface area (Å²) >= 11 is 0. The van der Waals surface area contributed by atoms with Crippen LogP contribution in [-0.2, 0) is 11.2 Å². The number of halogens is 2. The number of benzene rings is 3. The van der Waals surface area contributed by atoms with Gasteiger partial charge in [-0.15, -0.1) is 0 Å². The molecular formula is C24H21F2NO4. The average Bonchev–Trinajstić information content (AvgIpc) is 2.77. The molecule has 0 radical (unpaired) electrons. The van der Waals surface area contributed by atoms with E-state index in [1.165, 1.54) is 13.2 Å². The molecule has 1 heterocycles. The van der Waals surface area contributed by atoms with Crippen LogP contribution in [-0.4, -0.2) is 26.2 Å². The molecule has 3 aromatic carbocycles. The third kappa shape index (κ3) is 4.45. The summed E-state index contributed by atoms with van der Waals surface area (Å²) in [6.07, 6.45) is 0.504. The lowest BCUT2D eigenvalue weighted by molar-refractivity contribution is -0.121. The number of para-hydroxylation sites is 2. The van der Waals surface area contributed by atoms with Crippen molar-refractivity contribution < 1.29 is 27.8 Å². The van der Waals surface area contributed by atoms with Crippen LogP contribution in [0, 0.1) is 0 Å². The van der Waals surface area contributed by atoms with Crippen LogP contribution in [0.2, 0.25) is 0 Å². The van der Waals surface area contributed by atoms with E-state index < -0.39 is 12.5 Å². The molecule has 0 aromatic heterocycles. The summed E-state index contributed by atoms with van der Waals surface area (Å²) in [4.78, 5) is 13.1. The van der Waals surface area contributed by atoms with Gasteiger partial charge in [-0.05, 0) is 36.2 Å². The first kappa shape index (κ1) is 20.7. The van der Waals surface area contributed by atoms with Gasteiger partial charge in [-0.2, -0.15) is 8.78 Å². The van der Waals surface area contributed by atoms with Crippen LogP contribution in [0.25, 0.3) is 0 Å². The Hall–Kier alpha value is -3.61. The fourth-order valence-electron chi connectivity index (χ4n) is 3.69. The second kappa shape index (κ2) is 9.04. The summed E-state index contributed by atoms with van der Waals surface area (Å²) in [5.74, 6) is 0.920. The van der Waals surface area contributed by atoms with E-state index in [0.717, 1.165) is 16.7 Å². The van der Waals surface area contributed by atoms with Crippen molar-refractivity contribution in [3.8, 4) is 23.0 Å². The first-order valence-electron chi connectivity index (χ1n) is 9.82. The molecule has 0 fully saturated rings. The third-order valence-corrected chi connectivity index (χ3v) is 5.10. The van der Waals surface area contributed by atoms with Crippen LogP contribution in [0.1, 0.15) is 22.6 Å². The van der Waals surface area contributed by atoms with Gasteiger partial charge < -0.3 is 19.5 Å². The van der Waals surface area contributed by atoms with Gasteiger partial charge in [0.05, 0.1) is 13.0 Å². The molecule has 4 rings (SSSR count). The number of hydrogen-bond donors (Lipinski definition) is 1. The maximum Gasteiger partial charge on any atom is 0.387 e. The fraction of sp³-hybridized carbons (Fsp3) is 0.208. The predicted octanol–water partition coefficient (Wildman–Crippen LogP) is 4.89. The van der Waals surface area contributed by atoms with Crippen LogP contribution in [0.3, 0.4) is 0 Å².